The van der Waals surface area contributed by atoms with E-state index < -0.39 is 0 Å². The Bertz CT molecular complexity index is 1000. The number of aryl methyl sites for hydroxylation is 1. The highest BCUT2D eigenvalue weighted by Crippen LogP contribution is 2.34. The molecule has 0 atom stereocenters. The van der Waals surface area contributed by atoms with Crippen LogP contribution in [0.3, 0.4) is 0 Å². The molecule has 2 heterocycles. The van der Waals surface area contributed by atoms with Gasteiger partial charge < -0.3 is 24.3 Å². The molecule has 1 saturated heterocycles. The van der Waals surface area contributed by atoms with Crippen molar-refractivity contribution >= 4 is 17.4 Å². The number of hydrogen-bond acceptors (Lipinski definition) is 5. The normalized spacial score (nSPS) is 14.3. The molecule has 0 aliphatic carbocycles. The first-order valence-corrected chi connectivity index (χ1v) is 10.1. The SMILES string of the molecule is COc1cc(N2CCCN(C(=O)Nc3ccccc3)CC2)ccc1-c1cnc(C)o1. The van der Waals surface area contributed by atoms with Crippen LogP contribution in [0.1, 0.15) is 12.3 Å². The fourth-order valence-corrected chi connectivity index (χ4v) is 3.67. The number of hydrogen-bond donors (Lipinski definition) is 1. The molecule has 1 aliphatic heterocycles. The van der Waals surface area contributed by atoms with Gasteiger partial charge in [-0.25, -0.2) is 9.78 Å². The molecule has 0 spiro atoms. The first-order chi connectivity index (χ1) is 14.6. The average molecular weight is 406 g/mol. The van der Waals surface area contributed by atoms with Gasteiger partial charge in [-0.1, -0.05) is 18.2 Å². The summed E-state index contributed by atoms with van der Waals surface area (Å²) in [4.78, 5) is 21.0. The number of methoxy groups -OCH3 is 1. The Balaban J connectivity index is 1.44. The second kappa shape index (κ2) is 8.90. The van der Waals surface area contributed by atoms with Gasteiger partial charge in [0.15, 0.2) is 11.7 Å². The molecule has 1 aliphatic rings. The van der Waals surface area contributed by atoms with Crippen LogP contribution in [-0.2, 0) is 0 Å². The number of carbonyl (C=O) groups is 1. The number of benzene rings is 2. The molecule has 7 nitrogen and oxygen atoms in total. The van der Waals surface area contributed by atoms with Gasteiger partial charge in [0.2, 0.25) is 0 Å². The third-order valence-corrected chi connectivity index (χ3v) is 5.25. The van der Waals surface area contributed by atoms with Gasteiger partial charge in [0.25, 0.3) is 0 Å². The molecule has 2 aromatic carbocycles. The highest BCUT2D eigenvalue weighted by atomic mass is 16.5. The molecule has 30 heavy (non-hydrogen) atoms. The van der Waals surface area contributed by atoms with Gasteiger partial charge in [0.05, 0.1) is 18.9 Å². The summed E-state index contributed by atoms with van der Waals surface area (Å²) in [6.45, 7) is 4.83. The molecule has 2 amide bonds. The van der Waals surface area contributed by atoms with Crippen LogP contribution in [0.2, 0.25) is 0 Å². The van der Waals surface area contributed by atoms with Gasteiger partial charge in [-0.15, -0.1) is 0 Å². The Hall–Kier alpha value is -3.48. The molecule has 0 unspecified atom stereocenters. The van der Waals surface area contributed by atoms with E-state index in [0.29, 0.717) is 18.2 Å². The predicted molar refractivity (Wildman–Crippen MR) is 117 cm³/mol. The zero-order chi connectivity index (χ0) is 20.9. The van der Waals surface area contributed by atoms with E-state index in [9.17, 15) is 4.79 Å². The molecule has 1 fully saturated rings. The van der Waals surface area contributed by atoms with Crippen LogP contribution in [-0.4, -0.2) is 49.2 Å². The van der Waals surface area contributed by atoms with Gasteiger partial charge in [-0.05, 0) is 30.7 Å². The van der Waals surface area contributed by atoms with E-state index in [2.05, 4.69) is 21.3 Å². The van der Waals surface area contributed by atoms with Crippen LogP contribution in [0.5, 0.6) is 5.75 Å². The van der Waals surface area contributed by atoms with Crippen LogP contribution in [0, 0.1) is 6.92 Å². The Labute approximate surface area is 176 Å². The molecule has 0 saturated carbocycles. The highest BCUT2D eigenvalue weighted by molar-refractivity contribution is 5.89. The van der Waals surface area contributed by atoms with Gasteiger partial charge in [-0.3, -0.25) is 0 Å². The van der Waals surface area contributed by atoms with E-state index in [0.717, 1.165) is 48.7 Å². The second-order valence-corrected chi connectivity index (χ2v) is 7.25. The number of urea groups is 1. The summed E-state index contributed by atoms with van der Waals surface area (Å²) >= 11 is 0. The van der Waals surface area contributed by atoms with Crippen molar-refractivity contribution in [2.75, 3.05) is 43.5 Å². The van der Waals surface area contributed by atoms with E-state index >= 15 is 0 Å². The minimum Gasteiger partial charge on any atom is -0.496 e. The third kappa shape index (κ3) is 4.40. The molecule has 1 N–H and O–H groups in total. The predicted octanol–water partition coefficient (Wildman–Crippen LogP) is 4.40. The number of aromatic nitrogens is 1. The lowest BCUT2D eigenvalue weighted by atomic mass is 10.1. The Morgan fingerprint density at radius 2 is 1.93 bits per heavy atom. The maximum absolute atomic E-state index is 12.6. The molecule has 156 valence electrons. The van der Waals surface area contributed by atoms with Gasteiger partial charge in [0, 0.05) is 50.5 Å². The fourth-order valence-electron chi connectivity index (χ4n) is 3.67. The van der Waals surface area contributed by atoms with Crippen LogP contribution in [0.25, 0.3) is 11.3 Å². The summed E-state index contributed by atoms with van der Waals surface area (Å²) in [5, 5.41) is 2.97. The molecular formula is C23H26N4O3. The van der Waals surface area contributed by atoms with E-state index in [1.807, 2.05) is 54.3 Å². The molecule has 0 bridgehead atoms. The van der Waals surface area contributed by atoms with Crippen molar-refractivity contribution in [1.29, 1.82) is 0 Å². The Morgan fingerprint density at radius 3 is 2.67 bits per heavy atom. The number of amides is 2. The van der Waals surface area contributed by atoms with Crippen LogP contribution in [0.15, 0.2) is 59.1 Å². The fraction of sp³-hybridized carbons (Fsp3) is 0.304. The number of para-hydroxylation sites is 1. The maximum Gasteiger partial charge on any atom is 0.321 e. The number of anilines is 2. The summed E-state index contributed by atoms with van der Waals surface area (Å²) in [6.07, 6.45) is 2.61. The highest BCUT2D eigenvalue weighted by Gasteiger charge is 2.21. The Morgan fingerprint density at radius 1 is 1.10 bits per heavy atom. The minimum atomic E-state index is -0.0586. The summed E-state index contributed by atoms with van der Waals surface area (Å²) in [5.41, 5.74) is 2.75. The minimum absolute atomic E-state index is 0.0586. The topological polar surface area (TPSA) is 70.8 Å². The molecule has 3 aromatic rings. The number of oxazole rings is 1. The zero-order valence-corrected chi connectivity index (χ0v) is 17.3. The van der Waals surface area contributed by atoms with Crippen molar-refractivity contribution < 1.29 is 13.9 Å². The van der Waals surface area contributed by atoms with E-state index in [-0.39, 0.29) is 6.03 Å². The first-order valence-electron chi connectivity index (χ1n) is 10.1. The van der Waals surface area contributed by atoms with Gasteiger partial charge in [0.1, 0.15) is 5.75 Å². The monoisotopic (exact) mass is 406 g/mol. The Kier molecular flexibility index (Phi) is 5.88. The van der Waals surface area contributed by atoms with Crippen LogP contribution < -0.4 is 15.0 Å². The van der Waals surface area contributed by atoms with Crippen LogP contribution >= 0.6 is 0 Å². The lowest BCUT2D eigenvalue weighted by molar-refractivity contribution is 0.215. The molecule has 4 rings (SSSR count). The van der Waals surface area contributed by atoms with Crippen molar-refractivity contribution in [1.82, 2.24) is 9.88 Å². The second-order valence-electron chi connectivity index (χ2n) is 7.25. The molecule has 0 radical (unpaired) electrons. The van der Waals surface area contributed by atoms with Gasteiger partial charge in [-0.2, -0.15) is 0 Å². The smallest absolute Gasteiger partial charge is 0.321 e. The number of ether oxygens (including phenoxy) is 1. The molecule has 1 aromatic heterocycles. The molecular weight excluding hydrogens is 380 g/mol. The average Bonchev–Trinajstić information content (AvgIpc) is 3.05. The number of rotatable bonds is 4. The summed E-state index contributed by atoms with van der Waals surface area (Å²) in [5.74, 6) is 2.06. The largest absolute Gasteiger partial charge is 0.496 e. The zero-order valence-electron chi connectivity index (χ0n) is 17.3. The van der Waals surface area contributed by atoms with Crippen molar-refractivity contribution in [3.05, 3.63) is 60.6 Å². The van der Waals surface area contributed by atoms with Crippen molar-refractivity contribution in [2.24, 2.45) is 0 Å². The number of nitrogens with zero attached hydrogens (tertiary/aromatic N) is 3. The van der Waals surface area contributed by atoms with Crippen molar-refractivity contribution in [3.63, 3.8) is 0 Å². The number of nitrogens with one attached hydrogen (secondary N) is 1. The lowest BCUT2D eigenvalue weighted by Crippen LogP contribution is -2.38. The summed E-state index contributed by atoms with van der Waals surface area (Å²) in [6, 6.07) is 15.6. The summed E-state index contributed by atoms with van der Waals surface area (Å²) in [7, 11) is 1.66. The van der Waals surface area contributed by atoms with Crippen molar-refractivity contribution in [3.8, 4) is 17.1 Å². The van der Waals surface area contributed by atoms with E-state index in [4.69, 9.17) is 9.15 Å². The number of carbonyl (C=O) groups excluding carboxylic acids is 1. The van der Waals surface area contributed by atoms with Gasteiger partial charge >= 0.3 is 6.03 Å². The van der Waals surface area contributed by atoms with Crippen LogP contribution in [0.4, 0.5) is 16.2 Å². The third-order valence-electron chi connectivity index (χ3n) is 5.25. The quantitative estimate of drug-likeness (QED) is 0.695. The van der Waals surface area contributed by atoms with Crippen molar-refractivity contribution in [2.45, 2.75) is 13.3 Å². The molecule has 7 heteroatoms. The lowest BCUT2D eigenvalue weighted by Gasteiger charge is -2.24. The van der Waals surface area contributed by atoms with E-state index in [1.54, 1.807) is 13.3 Å². The summed E-state index contributed by atoms with van der Waals surface area (Å²) < 4.78 is 11.3. The van der Waals surface area contributed by atoms with E-state index in [1.165, 1.54) is 0 Å². The first kappa shape index (κ1) is 19.8. The maximum atomic E-state index is 12.6. The standard InChI is InChI=1S/C23H26N4O3/c1-17-24-16-22(30-17)20-10-9-19(15-21(20)29-2)26-11-6-12-27(14-13-26)23(28)25-18-7-4-3-5-8-18/h3-5,7-10,15-16H,6,11-14H2,1-2H3,(H,25,28).